The highest BCUT2D eigenvalue weighted by Gasteiger charge is 2.26. The van der Waals surface area contributed by atoms with Gasteiger partial charge in [-0.3, -0.25) is 4.98 Å². The van der Waals surface area contributed by atoms with E-state index in [9.17, 15) is 0 Å². The fraction of sp³-hybridized carbons (Fsp3) is 0.250. The second kappa shape index (κ2) is 7.68. The number of aromatic nitrogens is 3. The number of nitrogens with one attached hydrogen (secondary N) is 1. The monoisotopic (exact) mass is 384 g/mol. The van der Waals surface area contributed by atoms with E-state index in [4.69, 9.17) is 4.74 Å². The van der Waals surface area contributed by atoms with Gasteiger partial charge in [-0.2, -0.15) is 0 Å². The van der Waals surface area contributed by atoms with E-state index in [1.807, 2.05) is 38.0 Å². The topological polar surface area (TPSA) is 52.0 Å². The van der Waals surface area contributed by atoms with Gasteiger partial charge >= 0.3 is 0 Å². The number of hydrogen-bond donors (Lipinski definition) is 1. The highest BCUT2D eigenvalue weighted by molar-refractivity contribution is 5.92. The summed E-state index contributed by atoms with van der Waals surface area (Å²) in [5, 5.41) is 5.80. The summed E-state index contributed by atoms with van der Waals surface area (Å²) < 4.78 is 8.67. The number of piperidine rings is 1. The van der Waals surface area contributed by atoms with E-state index < -0.39 is 0 Å². The SMILES string of the molecule is Cn1cncc1C1CC(Oc2cc(-c3ccccc3)cc3ccncc23)CCN1. The molecular formula is C24H24N4O. The van der Waals surface area contributed by atoms with E-state index in [1.54, 1.807) is 0 Å². The molecule has 0 radical (unpaired) electrons. The van der Waals surface area contributed by atoms with Gasteiger partial charge in [-0.1, -0.05) is 30.3 Å². The molecule has 1 aliphatic rings. The van der Waals surface area contributed by atoms with Crippen LogP contribution >= 0.6 is 0 Å². The highest BCUT2D eigenvalue weighted by atomic mass is 16.5. The molecule has 2 unspecified atom stereocenters. The van der Waals surface area contributed by atoms with E-state index in [0.29, 0.717) is 0 Å². The van der Waals surface area contributed by atoms with Crippen LogP contribution in [0.4, 0.5) is 0 Å². The molecule has 1 aliphatic heterocycles. The number of ether oxygens (including phenoxy) is 1. The third-order valence-corrected chi connectivity index (χ3v) is 5.69. The van der Waals surface area contributed by atoms with Gasteiger partial charge in [0, 0.05) is 37.4 Å². The van der Waals surface area contributed by atoms with Crippen molar-refractivity contribution in [3.63, 3.8) is 0 Å². The first-order chi connectivity index (χ1) is 14.3. The van der Waals surface area contributed by atoms with Gasteiger partial charge in [-0.05, 0) is 47.7 Å². The van der Waals surface area contributed by atoms with Gasteiger partial charge in [0.2, 0.25) is 0 Å². The molecule has 0 spiro atoms. The summed E-state index contributed by atoms with van der Waals surface area (Å²) in [7, 11) is 2.04. The molecule has 5 nitrogen and oxygen atoms in total. The van der Waals surface area contributed by atoms with Gasteiger partial charge < -0.3 is 14.6 Å². The lowest BCUT2D eigenvalue weighted by Gasteiger charge is -2.31. The van der Waals surface area contributed by atoms with E-state index in [2.05, 4.69) is 62.3 Å². The smallest absolute Gasteiger partial charge is 0.129 e. The Morgan fingerprint density at radius 2 is 1.93 bits per heavy atom. The Balaban J connectivity index is 1.47. The summed E-state index contributed by atoms with van der Waals surface area (Å²) in [4.78, 5) is 8.60. The van der Waals surface area contributed by atoms with E-state index in [1.165, 1.54) is 11.3 Å². The van der Waals surface area contributed by atoms with Crippen molar-refractivity contribution in [2.24, 2.45) is 7.05 Å². The van der Waals surface area contributed by atoms with Crippen LogP contribution in [0.5, 0.6) is 5.75 Å². The van der Waals surface area contributed by atoms with Crippen molar-refractivity contribution >= 4 is 10.8 Å². The van der Waals surface area contributed by atoms with Gasteiger partial charge in [0.25, 0.3) is 0 Å². The Morgan fingerprint density at radius 1 is 1.03 bits per heavy atom. The van der Waals surface area contributed by atoms with Crippen molar-refractivity contribution in [3.05, 3.63) is 79.1 Å². The fourth-order valence-electron chi connectivity index (χ4n) is 4.16. The number of fused-ring (bicyclic) bond motifs is 1. The summed E-state index contributed by atoms with van der Waals surface area (Å²) in [5.74, 6) is 0.908. The predicted octanol–water partition coefficient (Wildman–Crippen LogP) is 4.51. The van der Waals surface area contributed by atoms with Gasteiger partial charge in [0.05, 0.1) is 18.1 Å². The maximum absolute atomic E-state index is 6.59. The normalized spacial score (nSPS) is 19.3. The maximum Gasteiger partial charge on any atom is 0.129 e. The second-order valence-corrected chi connectivity index (χ2v) is 7.64. The quantitative estimate of drug-likeness (QED) is 0.563. The number of nitrogens with zero attached hydrogens (tertiary/aromatic N) is 3. The average molecular weight is 384 g/mol. The minimum absolute atomic E-state index is 0.144. The maximum atomic E-state index is 6.59. The summed E-state index contributed by atoms with van der Waals surface area (Å²) in [6, 6.07) is 17.1. The Morgan fingerprint density at radius 3 is 2.76 bits per heavy atom. The molecule has 4 aromatic rings. The molecule has 1 N–H and O–H groups in total. The van der Waals surface area contributed by atoms with Crippen LogP contribution in [0, 0.1) is 0 Å². The first-order valence-electron chi connectivity index (χ1n) is 10.1. The molecule has 2 aromatic heterocycles. The third kappa shape index (κ3) is 3.61. The number of rotatable bonds is 4. The van der Waals surface area contributed by atoms with Crippen molar-refractivity contribution in [2.45, 2.75) is 25.0 Å². The van der Waals surface area contributed by atoms with Crippen molar-refractivity contribution in [1.82, 2.24) is 19.9 Å². The highest BCUT2D eigenvalue weighted by Crippen LogP contribution is 2.34. The van der Waals surface area contributed by atoms with Crippen molar-refractivity contribution in [2.75, 3.05) is 6.54 Å². The van der Waals surface area contributed by atoms with Crippen LogP contribution in [0.2, 0.25) is 0 Å². The number of benzene rings is 2. The van der Waals surface area contributed by atoms with Gasteiger partial charge in [0.15, 0.2) is 0 Å². The summed E-state index contributed by atoms with van der Waals surface area (Å²) in [6.07, 6.45) is 9.57. The molecule has 1 saturated heterocycles. The van der Waals surface area contributed by atoms with Gasteiger partial charge in [0.1, 0.15) is 11.9 Å². The van der Waals surface area contributed by atoms with E-state index in [-0.39, 0.29) is 12.1 Å². The Kier molecular flexibility index (Phi) is 4.74. The average Bonchev–Trinajstić information content (AvgIpc) is 3.20. The first-order valence-corrected chi connectivity index (χ1v) is 10.1. The zero-order valence-corrected chi connectivity index (χ0v) is 16.5. The summed E-state index contributed by atoms with van der Waals surface area (Å²) in [5.41, 5.74) is 3.55. The first kappa shape index (κ1) is 17.9. The van der Waals surface area contributed by atoms with Gasteiger partial charge in [-0.15, -0.1) is 0 Å². The molecule has 2 aromatic carbocycles. The number of imidazole rings is 1. The van der Waals surface area contributed by atoms with Crippen LogP contribution in [0.1, 0.15) is 24.6 Å². The Hall–Kier alpha value is -3.18. The number of aryl methyl sites for hydroxylation is 1. The van der Waals surface area contributed by atoms with Crippen LogP contribution in [0.3, 0.4) is 0 Å². The zero-order valence-electron chi connectivity index (χ0n) is 16.5. The number of hydrogen-bond acceptors (Lipinski definition) is 4. The van der Waals surface area contributed by atoms with Crippen molar-refractivity contribution in [3.8, 4) is 16.9 Å². The molecule has 1 fully saturated rings. The van der Waals surface area contributed by atoms with Crippen LogP contribution in [0.15, 0.2) is 73.4 Å². The molecule has 146 valence electrons. The van der Waals surface area contributed by atoms with Crippen LogP contribution in [-0.4, -0.2) is 27.2 Å². The predicted molar refractivity (Wildman–Crippen MR) is 115 cm³/mol. The standard InChI is InChI=1S/C24H24N4O/c1-28-16-26-15-23(28)22-13-20(8-10-27-22)29-24-12-19(17-5-3-2-4-6-17)11-18-7-9-25-14-21(18)24/h2-7,9,11-12,14-16,20,22,27H,8,10,13H2,1H3. The summed E-state index contributed by atoms with van der Waals surface area (Å²) >= 11 is 0. The van der Waals surface area contributed by atoms with Crippen LogP contribution in [0.25, 0.3) is 21.9 Å². The summed E-state index contributed by atoms with van der Waals surface area (Å²) in [6.45, 7) is 0.926. The van der Waals surface area contributed by atoms with Crippen LogP contribution < -0.4 is 10.1 Å². The zero-order chi connectivity index (χ0) is 19.6. The molecule has 0 saturated carbocycles. The van der Waals surface area contributed by atoms with Crippen molar-refractivity contribution < 1.29 is 4.74 Å². The molecule has 29 heavy (non-hydrogen) atoms. The minimum Gasteiger partial charge on any atom is -0.490 e. The van der Waals surface area contributed by atoms with Gasteiger partial charge in [-0.25, -0.2) is 4.98 Å². The molecule has 0 bridgehead atoms. The molecule has 5 heteroatoms. The largest absolute Gasteiger partial charge is 0.490 e. The third-order valence-electron chi connectivity index (χ3n) is 5.69. The Bertz CT molecular complexity index is 1120. The Labute approximate surface area is 170 Å². The van der Waals surface area contributed by atoms with Crippen molar-refractivity contribution in [1.29, 1.82) is 0 Å². The lowest BCUT2D eigenvalue weighted by molar-refractivity contribution is 0.140. The molecule has 3 heterocycles. The molecular weight excluding hydrogens is 360 g/mol. The number of pyridine rings is 1. The molecule has 0 amide bonds. The lowest BCUT2D eigenvalue weighted by Crippen LogP contribution is -2.37. The van der Waals surface area contributed by atoms with Crippen LogP contribution in [-0.2, 0) is 7.05 Å². The fourth-order valence-corrected chi connectivity index (χ4v) is 4.16. The molecule has 0 aliphatic carbocycles. The second-order valence-electron chi connectivity index (χ2n) is 7.64. The molecule has 2 atom stereocenters. The minimum atomic E-state index is 0.144. The molecule has 5 rings (SSSR count). The lowest BCUT2D eigenvalue weighted by atomic mass is 9.98. The van der Waals surface area contributed by atoms with E-state index >= 15 is 0 Å². The van der Waals surface area contributed by atoms with E-state index in [0.717, 1.165) is 41.5 Å².